The maximum atomic E-state index is 13.4. The number of carbonyl (C=O) groups excluding carboxylic acids is 1. The lowest BCUT2D eigenvalue weighted by Crippen LogP contribution is -2.46. The molecule has 0 saturated carbocycles. The van der Waals surface area contributed by atoms with Crippen molar-refractivity contribution in [2.45, 2.75) is 37.8 Å². The highest BCUT2D eigenvalue weighted by atomic mass is 32.2. The van der Waals surface area contributed by atoms with Crippen LogP contribution in [0.2, 0.25) is 0 Å². The number of nitrogens with zero attached hydrogens (tertiary/aromatic N) is 2. The van der Waals surface area contributed by atoms with Crippen molar-refractivity contribution in [3.8, 4) is 0 Å². The summed E-state index contributed by atoms with van der Waals surface area (Å²) in [7, 11) is -3.90. The van der Waals surface area contributed by atoms with Gasteiger partial charge in [0.05, 0.1) is 4.90 Å². The molecule has 0 radical (unpaired) electrons. The molecule has 114 valence electrons. The molecule has 0 N–H and O–H groups in total. The molecule has 1 fully saturated rings. The van der Waals surface area contributed by atoms with Crippen molar-refractivity contribution in [2.24, 2.45) is 10.9 Å². The van der Waals surface area contributed by atoms with Crippen LogP contribution in [0.1, 0.15) is 25.3 Å². The number of hydrogen-bond donors (Lipinski definition) is 0. The van der Waals surface area contributed by atoms with Gasteiger partial charge >= 0.3 is 0 Å². The molecule has 2 unspecified atom stereocenters. The summed E-state index contributed by atoms with van der Waals surface area (Å²) in [5, 5.41) is 0. The fourth-order valence-corrected chi connectivity index (χ4v) is 4.52. The van der Waals surface area contributed by atoms with E-state index in [-0.39, 0.29) is 17.4 Å². The quantitative estimate of drug-likeness (QED) is 0.635. The van der Waals surface area contributed by atoms with E-state index < -0.39 is 22.0 Å². The van der Waals surface area contributed by atoms with Gasteiger partial charge in [-0.05, 0) is 43.4 Å². The van der Waals surface area contributed by atoms with Crippen LogP contribution in [0.25, 0.3) is 0 Å². The number of aliphatic imine (C=N–C) groups is 1. The van der Waals surface area contributed by atoms with Crippen LogP contribution < -0.4 is 0 Å². The molecule has 21 heavy (non-hydrogen) atoms. The molecule has 1 aliphatic rings. The van der Waals surface area contributed by atoms with E-state index in [1.54, 1.807) is 6.92 Å². The van der Waals surface area contributed by atoms with Crippen LogP contribution in [-0.4, -0.2) is 31.5 Å². The lowest BCUT2D eigenvalue weighted by Gasteiger charge is -2.35. The maximum absolute atomic E-state index is 13.4. The number of halogens is 1. The normalized spacial score (nSPS) is 23.6. The Balaban J connectivity index is 2.50. The molecule has 1 aromatic rings. The molecule has 0 spiro atoms. The Morgan fingerprint density at radius 2 is 2.14 bits per heavy atom. The topological polar surface area (TPSA) is 66.8 Å². The molecule has 5 nitrogen and oxygen atoms in total. The first-order valence-corrected chi connectivity index (χ1v) is 8.17. The minimum Gasteiger partial charge on any atom is -0.211 e. The van der Waals surface area contributed by atoms with E-state index >= 15 is 0 Å². The molecule has 0 amide bonds. The molecule has 7 heteroatoms. The fraction of sp³-hybridized carbons (Fsp3) is 0.500. The second-order valence-corrected chi connectivity index (χ2v) is 7.14. The van der Waals surface area contributed by atoms with E-state index in [1.807, 2.05) is 6.92 Å². The molecule has 2 atom stereocenters. The van der Waals surface area contributed by atoms with Crippen molar-refractivity contribution in [3.63, 3.8) is 0 Å². The Labute approximate surface area is 123 Å². The van der Waals surface area contributed by atoms with Gasteiger partial charge in [0.1, 0.15) is 12.0 Å². The molecular weight excluding hydrogens is 295 g/mol. The number of piperidine rings is 1. The number of isocyanates is 1. The SMILES string of the molecule is Cc1ccc(F)cc1S(=O)(=O)N1CCCC(C)C1N=C=O. The first-order valence-electron chi connectivity index (χ1n) is 6.73. The zero-order valence-corrected chi connectivity index (χ0v) is 12.7. The van der Waals surface area contributed by atoms with Gasteiger partial charge in [0.2, 0.25) is 16.1 Å². The summed E-state index contributed by atoms with van der Waals surface area (Å²) in [5.74, 6) is -0.691. The predicted octanol–water partition coefficient (Wildman–Crippen LogP) is 2.22. The second-order valence-electron chi connectivity index (χ2n) is 5.28. The van der Waals surface area contributed by atoms with Crippen molar-refractivity contribution in [2.75, 3.05) is 6.54 Å². The fourth-order valence-electron chi connectivity index (χ4n) is 2.62. The largest absolute Gasteiger partial charge is 0.245 e. The lowest BCUT2D eigenvalue weighted by atomic mass is 9.98. The van der Waals surface area contributed by atoms with Crippen molar-refractivity contribution >= 4 is 16.1 Å². The third kappa shape index (κ3) is 3.05. The zero-order chi connectivity index (χ0) is 15.6. The Morgan fingerprint density at radius 1 is 1.43 bits per heavy atom. The molecule has 2 rings (SSSR count). The van der Waals surface area contributed by atoms with Gasteiger partial charge in [-0.1, -0.05) is 13.0 Å². The Bertz CT molecular complexity index is 683. The second kappa shape index (κ2) is 6.05. The highest BCUT2D eigenvalue weighted by Gasteiger charge is 2.38. The minimum absolute atomic E-state index is 0.0798. The number of benzene rings is 1. The first-order chi connectivity index (χ1) is 9.87. The summed E-state index contributed by atoms with van der Waals surface area (Å²) >= 11 is 0. The van der Waals surface area contributed by atoms with Gasteiger partial charge in [0, 0.05) is 6.54 Å². The standard InChI is InChI=1S/C14H17FN2O3S/c1-10-5-6-12(15)8-13(10)21(19,20)17-7-3-4-11(2)14(17)16-9-18/h5-6,8,11,14H,3-4,7H2,1-2H3. The Morgan fingerprint density at radius 3 is 2.81 bits per heavy atom. The van der Waals surface area contributed by atoms with Crippen molar-refractivity contribution in [1.82, 2.24) is 4.31 Å². The number of aryl methyl sites for hydroxylation is 1. The molecule has 0 aliphatic carbocycles. The number of rotatable bonds is 3. The van der Waals surface area contributed by atoms with Gasteiger partial charge in [-0.25, -0.2) is 17.6 Å². The van der Waals surface area contributed by atoms with Crippen molar-refractivity contribution in [3.05, 3.63) is 29.6 Å². The van der Waals surface area contributed by atoms with Crippen LogP contribution >= 0.6 is 0 Å². The smallest absolute Gasteiger partial charge is 0.211 e. The van der Waals surface area contributed by atoms with Crippen LogP contribution in [0.15, 0.2) is 28.1 Å². The van der Waals surface area contributed by atoms with Crippen LogP contribution in [-0.2, 0) is 14.8 Å². The van der Waals surface area contributed by atoms with E-state index in [1.165, 1.54) is 22.5 Å². The van der Waals surface area contributed by atoms with Gasteiger partial charge in [-0.2, -0.15) is 9.30 Å². The average Bonchev–Trinajstić information content (AvgIpc) is 2.43. The zero-order valence-electron chi connectivity index (χ0n) is 11.9. The van der Waals surface area contributed by atoms with Crippen molar-refractivity contribution in [1.29, 1.82) is 0 Å². The van der Waals surface area contributed by atoms with E-state index in [0.29, 0.717) is 12.0 Å². The van der Waals surface area contributed by atoms with Crippen LogP contribution in [0, 0.1) is 18.7 Å². The summed E-state index contributed by atoms with van der Waals surface area (Å²) < 4.78 is 40.1. The predicted molar refractivity (Wildman–Crippen MR) is 75.3 cm³/mol. The van der Waals surface area contributed by atoms with Gasteiger partial charge < -0.3 is 0 Å². The highest BCUT2D eigenvalue weighted by molar-refractivity contribution is 7.89. The molecular formula is C14H17FN2O3S. The lowest BCUT2D eigenvalue weighted by molar-refractivity contribution is 0.193. The monoisotopic (exact) mass is 312 g/mol. The van der Waals surface area contributed by atoms with E-state index in [4.69, 9.17) is 0 Å². The molecule has 1 aliphatic heterocycles. The summed E-state index contributed by atoms with van der Waals surface area (Å²) in [6, 6.07) is 3.65. The third-order valence-corrected chi connectivity index (χ3v) is 5.78. The number of sulfonamides is 1. The summed E-state index contributed by atoms with van der Waals surface area (Å²) in [4.78, 5) is 14.1. The molecule has 0 bridgehead atoms. The highest BCUT2D eigenvalue weighted by Crippen LogP contribution is 2.31. The summed E-state index contributed by atoms with van der Waals surface area (Å²) in [6.07, 6.45) is 2.13. The summed E-state index contributed by atoms with van der Waals surface area (Å²) in [6.45, 7) is 3.71. The maximum Gasteiger partial charge on any atom is 0.245 e. The minimum atomic E-state index is -3.90. The summed E-state index contributed by atoms with van der Waals surface area (Å²) in [5.41, 5.74) is 0.462. The number of hydrogen-bond acceptors (Lipinski definition) is 4. The van der Waals surface area contributed by atoms with Crippen LogP contribution in [0.3, 0.4) is 0 Å². The van der Waals surface area contributed by atoms with Crippen LogP contribution in [0.4, 0.5) is 4.39 Å². The van der Waals surface area contributed by atoms with Crippen molar-refractivity contribution < 1.29 is 17.6 Å². The van der Waals surface area contributed by atoms with E-state index in [9.17, 15) is 17.6 Å². The van der Waals surface area contributed by atoms with Gasteiger partial charge in [-0.15, -0.1) is 0 Å². The van der Waals surface area contributed by atoms with Crippen LogP contribution in [0.5, 0.6) is 0 Å². The average molecular weight is 312 g/mol. The Kier molecular flexibility index (Phi) is 4.56. The molecule has 0 aromatic heterocycles. The van der Waals surface area contributed by atoms with Gasteiger partial charge in [0.15, 0.2) is 0 Å². The van der Waals surface area contributed by atoms with E-state index in [2.05, 4.69) is 4.99 Å². The van der Waals surface area contributed by atoms with Gasteiger partial charge in [0.25, 0.3) is 0 Å². The van der Waals surface area contributed by atoms with Gasteiger partial charge in [-0.3, -0.25) is 0 Å². The first kappa shape index (κ1) is 15.8. The Hall–Kier alpha value is -1.56. The molecule has 1 aromatic carbocycles. The van der Waals surface area contributed by atoms with E-state index in [0.717, 1.165) is 12.5 Å². The third-order valence-electron chi connectivity index (χ3n) is 3.76. The molecule has 1 heterocycles. The molecule has 1 saturated heterocycles.